The Kier molecular flexibility index (Phi) is 26.7. The van der Waals surface area contributed by atoms with Crippen LogP contribution in [0.15, 0.2) is 72.8 Å². The van der Waals surface area contributed by atoms with Crippen LogP contribution in [0, 0.1) is 0 Å². The topological polar surface area (TPSA) is 0 Å². The summed E-state index contributed by atoms with van der Waals surface area (Å²) in [5.74, 6) is 0. The molecule has 0 fully saturated rings. The van der Waals surface area contributed by atoms with Crippen LogP contribution in [0.25, 0.3) is 0 Å². The Labute approximate surface area is 308 Å². The number of hydrogen-bond donors (Lipinski definition) is 3. The fourth-order valence-corrected chi connectivity index (χ4v) is 5.35. The van der Waals surface area contributed by atoms with Crippen LogP contribution < -0.4 is 0 Å². The van der Waals surface area contributed by atoms with Gasteiger partial charge < -0.3 is 0 Å². The zero-order valence-electron chi connectivity index (χ0n) is 24.6. The maximum atomic E-state index is 5.14. The molecule has 0 unspecified atom stereocenters. The van der Waals surface area contributed by atoms with Gasteiger partial charge in [-0.2, -0.15) is 0 Å². The molecule has 9 heteroatoms. The first-order chi connectivity index (χ1) is 19.8. The Bertz CT molecular complexity index is 1100. The minimum Gasteiger partial charge on any atom is -0.131 e. The van der Waals surface area contributed by atoms with Crippen molar-refractivity contribution in [3.8, 4) is 0 Å². The van der Waals surface area contributed by atoms with Gasteiger partial charge in [0.15, 0.2) is 0 Å². The molecule has 0 atom stereocenters. The van der Waals surface area contributed by atoms with E-state index in [9.17, 15) is 0 Å². The molecule has 3 aromatic rings. The Morgan fingerprint density at radius 3 is 1.00 bits per heavy atom. The van der Waals surface area contributed by atoms with Crippen LogP contribution in [0.5, 0.6) is 0 Å². The SMILES string of the molecule is CCCCc1ccc(C(=S)S)cc1.CCCCc1ccc(C(=S)SS)cc1.CCCCc1ccc(C(=S)SS)cc1.[99Tc]. The van der Waals surface area contributed by atoms with E-state index >= 15 is 0 Å². The van der Waals surface area contributed by atoms with Crippen LogP contribution in [-0.2, 0) is 39.4 Å². The van der Waals surface area contributed by atoms with Gasteiger partial charge in [-0.3, -0.25) is 0 Å². The molecule has 0 spiro atoms. The Balaban J connectivity index is 0.000000594. The van der Waals surface area contributed by atoms with E-state index in [-0.39, 0.29) is 20.1 Å². The molecular formula is C33H42S8Tc. The average Bonchev–Trinajstić information content (AvgIpc) is 3.02. The summed E-state index contributed by atoms with van der Waals surface area (Å²) < 4.78 is 2.35. The summed E-state index contributed by atoms with van der Waals surface area (Å²) in [6.07, 6.45) is 11.0. The van der Waals surface area contributed by atoms with Crippen molar-refractivity contribution in [1.82, 2.24) is 0 Å². The average molecular weight is 794 g/mol. The van der Waals surface area contributed by atoms with Crippen molar-refractivity contribution in [1.29, 1.82) is 0 Å². The van der Waals surface area contributed by atoms with Gasteiger partial charge >= 0.3 is 0 Å². The largest absolute Gasteiger partial charge is 0.131 e. The quantitative estimate of drug-likeness (QED) is 0.0946. The van der Waals surface area contributed by atoms with Gasteiger partial charge in [0, 0.05) is 20.1 Å². The molecular weight excluding hydrogens is 752 g/mol. The van der Waals surface area contributed by atoms with Crippen molar-refractivity contribution in [3.05, 3.63) is 106 Å². The van der Waals surface area contributed by atoms with Gasteiger partial charge in [-0.05, 0) is 93.5 Å². The van der Waals surface area contributed by atoms with Gasteiger partial charge in [0.05, 0.1) is 12.6 Å². The van der Waals surface area contributed by atoms with Crippen molar-refractivity contribution in [3.63, 3.8) is 0 Å². The van der Waals surface area contributed by atoms with Gasteiger partial charge in [0.25, 0.3) is 0 Å². The molecule has 3 aromatic carbocycles. The molecule has 0 saturated heterocycles. The number of thiol groups is 3. The van der Waals surface area contributed by atoms with Crippen LogP contribution in [0.4, 0.5) is 0 Å². The number of benzene rings is 3. The van der Waals surface area contributed by atoms with Gasteiger partial charge in [0.2, 0.25) is 0 Å². The van der Waals surface area contributed by atoms with E-state index in [2.05, 4.69) is 117 Å². The monoisotopic (exact) mass is 793 g/mol. The summed E-state index contributed by atoms with van der Waals surface area (Å²) >= 11 is 27.5. The number of aryl methyl sites for hydroxylation is 3. The second-order valence-corrected chi connectivity index (χ2v) is 14.2. The van der Waals surface area contributed by atoms with E-state index in [4.69, 9.17) is 36.7 Å². The third kappa shape index (κ3) is 18.3. The minimum absolute atomic E-state index is 0. The minimum atomic E-state index is 0. The predicted molar refractivity (Wildman–Crippen MR) is 212 cm³/mol. The van der Waals surface area contributed by atoms with Crippen molar-refractivity contribution in [2.45, 2.75) is 78.6 Å². The maximum Gasteiger partial charge on any atom is 0.0882 e. The fraction of sp³-hybridized carbons (Fsp3) is 0.364. The molecule has 0 heterocycles. The van der Waals surface area contributed by atoms with Crippen LogP contribution >= 0.6 is 94.2 Å². The zero-order chi connectivity index (χ0) is 30.5. The standard InChI is InChI=1S/2C11H14S3.C11H14S2.Tc/c2*1-2-3-4-9-5-7-10(8-6-9)11(12)14-13;1-2-3-4-9-5-7-10(8-6-9)11(12)13;/h2*5-8,13H,2-4H2,1H3;5-8H,2-4H2,1H3,(H,12,13);/i;;;1+1. The van der Waals surface area contributed by atoms with Gasteiger partial charge in [-0.1, -0.05) is 149 Å². The Morgan fingerprint density at radius 2 is 0.786 bits per heavy atom. The Hall–Kier alpha value is 0.329. The molecule has 0 saturated carbocycles. The molecule has 0 amide bonds. The van der Waals surface area contributed by atoms with E-state index in [1.54, 1.807) is 0 Å². The van der Waals surface area contributed by atoms with E-state index in [0.717, 1.165) is 44.3 Å². The molecule has 229 valence electrons. The number of thiocarbonyl (C=S) groups is 3. The molecule has 0 N–H and O–H groups in total. The summed E-state index contributed by atoms with van der Waals surface area (Å²) in [6, 6.07) is 25.3. The summed E-state index contributed by atoms with van der Waals surface area (Å²) in [4.78, 5) is 0. The zero-order valence-corrected chi connectivity index (χ0v) is 33.2. The molecule has 0 aliphatic heterocycles. The molecule has 0 aliphatic rings. The summed E-state index contributed by atoms with van der Waals surface area (Å²) in [6.45, 7) is 6.62. The van der Waals surface area contributed by atoms with Crippen molar-refractivity contribution >= 4 is 107 Å². The van der Waals surface area contributed by atoms with E-state index in [1.807, 2.05) is 12.1 Å². The number of hydrogen-bond acceptors (Lipinski definition) is 7. The molecule has 1 radical (unpaired) electrons. The second-order valence-electron chi connectivity index (χ2n) is 9.46. The van der Waals surface area contributed by atoms with Crippen LogP contribution in [0.3, 0.4) is 0 Å². The van der Waals surface area contributed by atoms with E-state index < -0.39 is 0 Å². The van der Waals surface area contributed by atoms with Gasteiger partial charge in [-0.15, -0.1) is 36.0 Å². The first-order valence-corrected chi connectivity index (χ1v) is 19.4. The molecule has 0 bridgehead atoms. The van der Waals surface area contributed by atoms with Crippen molar-refractivity contribution in [2.75, 3.05) is 0 Å². The van der Waals surface area contributed by atoms with Crippen LogP contribution in [-0.4, -0.2) is 12.6 Å². The molecule has 0 nitrogen and oxygen atoms in total. The van der Waals surface area contributed by atoms with Crippen molar-refractivity contribution < 1.29 is 20.1 Å². The second kappa shape index (κ2) is 26.5. The van der Waals surface area contributed by atoms with Crippen LogP contribution in [0.1, 0.15) is 92.7 Å². The third-order valence-corrected chi connectivity index (χ3v) is 10.3. The van der Waals surface area contributed by atoms with E-state index in [1.165, 1.54) is 76.8 Å². The summed E-state index contributed by atoms with van der Waals surface area (Å²) in [5, 5.41) is 0. The Morgan fingerprint density at radius 1 is 0.524 bits per heavy atom. The summed E-state index contributed by atoms with van der Waals surface area (Å²) in [5.41, 5.74) is 7.40. The third-order valence-electron chi connectivity index (χ3n) is 6.20. The number of unbranched alkanes of at least 4 members (excludes halogenated alkanes) is 3. The fourth-order valence-electron chi connectivity index (χ4n) is 3.68. The van der Waals surface area contributed by atoms with Crippen LogP contribution in [0.2, 0.25) is 0 Å². The van der Waals surface area contributed by atoms with E-state index in [0.29, 0.717) is 4.20 Å². The first-order valence-electron chi connectivity index (χ1n) is 14.0. The number of rotatable bonds is 12. The predicted octanol–water partition coefficient (Wildman–Crippen LogP) is 12.2. The first kappa shape index (κ1) is 42.3. The maximum absolute atomic E-state index is 5.14. The van der Waals surface area contributed by atoms with Gasteiger partial charge in [-0.25, -0.2) is 0 Å². The molecule has 0 aliphatic carbocycles. The van der Waals surface area contributed by atoms with Gasteiger partial charge in [0.1, 0.15) is 0 Å². The molecule has 0 aromatic heterocycles. The smallest absolute Gasteiger partial charge is 0.0882 e. The molecule has 42 heavy (non-hydrogen) atoms. The molecule has 3 rings (SSSR count). The normalized spacial score (nSPS) is 9.86. The summed E-state index contributed by atoms with van der Waals surface area (Å²) in [7, 11) is 2.66. The van der Waals surface area contributed by atoms with Crippen molar-refractivity contribution in [2.24, 2.45) is 0 Å².